The van der Waals surface area contributed by atoms with Gasteiger partial charge in [-0.3, -0.25) is 4.79 Å². The van der Waals surface area contributed by atoms with Crippen LogP contribution in [0, 0.1) is 0 Å². The molecule has 2 aliphatic rings. The second-order valence-electron chi connectivity index (χ2n) is 5.60. The van der Waals surface area contributed by atoms with Crippen molar-refractivity contribution >= 4 is 34.0 Å². The standard InChI is InChI=1S/C15H21N3O4S.ClH/c1-2-17-23(20,21)12-4-3-11-5-7-18(13(11)9-12)15(19)14-10-16-6-8-22-14;/h3-4,9,14,16-17H,2,5-8,10H2,1H3;1H. The largest absolute Gasteiger partial charge is 0.366 e. The summed E-state index contributed by atoms with van der Waals surface area (Å²) in [4.78, 5) is 14.5. The summed E-state index contributed by atoms with van der Waals surface area (Å²) in [5.41, 5.74) is 1.65. The number of fused-ring (bicyclic) bond motifs is 1. The summed E-state index contributed by atoms with van der Waals surface area (Å²) in [6, 6.07) is 4.95. The number of carbonyl (C=O) groups excluding carboxylic acids is 1. The van der Waals surface area contributed by atoms with E-state index in [1.54, 1.807) is 30.0 Å². The highest BCUT2D eigenvalue weighted by molar-refractivity contribution is 7.89. The van der Waals surface area contributed by atoms with Crippen molar-refractivity contribution in [1.29, 1.82) is 0 Å². The lowest BCUT2D eigenvalue weighted by Crippen LogP contribution is -2.49. The summed E-state index contributed by atoms with van der Waals surface area (Å²) in [5.74, 6) is -0.117. The van der Waals surface area contributed by atoms with E-state index in [1.807, 2.05) is 0 Å². The molecule has 2 aliphatic heterocycles. The molecule has 24 heavy (non-hydrogen) atoms. The normalized spacial score (nSPS) is 20.4. The summed E-state index contributed by atoms with van der Waals surface area (Å²) in [6.07, 6.45) is 0.215. The zero-order chi connectivity index (χ0) is 16.4. The van der Waals surface area contributed by atoms with Crippen molar-refractivity contribution in [2.24, 2.45) is 0 Å². The predicted octanol–water partition coefficient (Wildman–Crippen LogP) is 0.284. The van der Waals surface area contributed by atoms with Gasteiger partial charge in [-0.1, -0.05) is 13.0 Å². The number of ether oxygens (including phenoxy) is 1. The highest BCUT2D eigenvalue weighted by atomic mass is 35.5. The molecule has 0 bridgehead atoms. The first-order valence-corrected chi connectivity index (χ1v) is 9.27. The monoisotopic (exact) mass is 375 g/mol. The molecule has 0 aromatic heterocycles. The second kappa shape index (κ2) is 7.79. The van der Waals surface area contributed by atoms with E-state index in [2.05, 4.69) is 10.0 Å². The number of carbonyl (C=O) groups is 1. The fourth-order valence-corrected chi connectivity index (χ4v) is 3.99. The Hall–Kier alpha value is -1.19. The molecule has 0 radical (unpaired) electrons. The first kappa shape index (κ1) is 19.1. The first-order valence-electron chi connectivity index (χ1n) is 7.79. The average Bonchev–Trinajstić information content (AvgIpc) is 2.98. The Labute approximate surface area is 148 Å². The van der Waals surface area contributed by atoms with Crippen LogP contribution in [0.15, 0.2) is 23.1 Å². The fraction of sp³-hybridized carbons (Fsp3) is 0.533. The van der Waals surface area contributed by atoms with Crippen LogP contribution in [0.4, 0.5) is 5.69 Å². The van der Waals surface area contributed by atoms with Crippen LogP contribution in [0.3, 0.4) is 0 Å². The molecule has 134 valence electrons. The molecule has 2 N–H and O–H groups in total. The Morgan fingerprint density at radius 3 is 2.92 bits per heavy atom. The van der Waals surface area contributed by atoms with E-state index >= 15 is 0 Å². The topological polar surface area (TPSA) is 87.7 Å². The summed E-state index contributed by atoms with van der Waals surface area (Å²) < 4.78 is 32.3. The van der Waals surface area contributed by atoms with Gasteiger partial charge in [0.1, 0.15) is 6.10 Å². The summed E-state index contributed by atoms with van der Waals surface area (Å²) in [5, 5.41) is 3.14. The van der Waals surface area contributed by atoms with Crippen molar-refractivity contribution in [3.63, 3.8) is 0 Å². The summed E-state index contributed by atoms with van der Waals surface area (Å²) in [7, 11) is -3.54. The number of halogens is 1. The van der Waals surface area contributed by atoms with Gasteiger partial charge in [-0.2, -0.15) is 0 Å². The fourth-order valence-electron chi connectivity index (χ4n) is 2.93. The molecule has 1 unspecified atom stereocenters. The van der Waals surface area contributed by atoms with Crippen molar-refractivity contribution in [2.45, 2.75) is 24.3 Å². The van der Waals surface area contributed by atoms with Gasteiger partial charge >= 0.3 is 0 Å². The van der Waals surface area contributed by atoms with Gasteiger partial charge in [0.05, 0.1) is 11.5 Å². The number of sulfonamides is 1. The molecular weight excluding hydrogens is 354 g/mol. The molecule has 0 aliphatic carbocycles. The van der Waals surface area contributed by atoms with E-state index in [0.29, 0.717) is 31.9 Å². The van der Waals surface area contributed by atoms with Crippen LogP contribution in [-0.2, 0) is 26.0 Å². The maximum atomic E-state index is 12.6. The van der Waals surface area contributed by atoms with Gasteiger partial charge in [0.15, 0.2) is 0 Å². The van der Waals surface area contributed by atoms with Crippen LogP contribution in [0.2, 0.25) is 0 Å². The SMILES string of the molecule is CCNS(=O)(=O)c1ccc2c(c1)N(C(=O)C1CNCCO1)CC2.Cl. The quantitative estimate of drug-likeness (QED) is 0.789. The minimum absolute atomic E-state index is 0. The van der Waals surface area contributed by atoms with Crippen LogP contribution in [0.25, 0.3) is 0 Å². The lowest BCUT2D eigenvalue weighted by molar-refractivity contribution is -0.131. The van der Waals surface area contributed by atoms with Crippen molar-refractivity contribution in [3.05, 3.63) is 23.8 Å². The predicted molar refractivity (Wildman–Crippen MR) is 93.2 cm³/mol. The number of benzene rings is 1. The van der Waals surface area contributed by atoms with Gasteiger partial charge in [-0.05, 0) is 24.1 Å². The molecule has 1 atom stereocenters. The molecular formula is C15H22ClN3O4S. The number of hydrogen-bond donors (Lipinski definition) is 2. The molecule has 1 aromatic rings. The van der Waals surface area contributed by atoms with Gasteiger partial charge in [0.2, 0.25) is 10.0 Å². The minimum Gasteiger partial charge on any atom is -0.366 e. The third-order valence-corrected chi connectivity index (χ3v) is 5.61. The lowest BCUT2D eigenvalue weighted by atomic mass is 10.2. The Balaban J connectivity index is 0.00000208. The van der Waals surface area contributed by atoms with Crippen LogP contribution in [0.1, 0.15) is 12.5 Å². The molecule has 7 nitrogen and oxygen atoms in total. The number of nitrogens with zero attached hydrogens (tertiary/aromatic N) is 1. The molecule has 2 heterocycles. The van der Waals surface area contributed by atoms with Crippen molar-refractivity contribution < 1.29 is 17.9 Å². The Morgan fingerprint density at radius 2 is 2.25 bits per heavy atom. The number of amides is 1. The van der Waals surface area contributed by atoms with Gasteiger partial charge in [0, 0.05) is 31.9 Å². The highest BCUT2D eigenvalue weighted by Gasteiger charge is 2.32. The van der Waals surface area contributed by atoms with Crippen LogP contribution < -0.4 is 14.9 Å². The third kappa shape index (κ3) is 3.73. The highest BCUT2D eigenvalue weighted by Crippen LogP contribution is 2.31. The van der Waals surface area contributed by atoms with E-state index in [-0.39, 0.29) is 23.2 Å². The summed E-state index contributed by atoms with van der Waals surface area (Å²) >= 11 is 0. The maximum absolute atomic E-state index is 12.6. The van der Waals surface area contributed by atoms with E-state index in [0.717, 1.165) is 18.5 Å². The number of nitrogens with one attached hydrogen (secondary N) is 2. The summed E-state index contributed by atoms with van der Waals surface area (Å²) in [6.45, 7) is 4.34. The van der Waals surface area contributed by atoms with Crippen molar-refractivity contribution in [2.75, 3.05) is 37.7 Å². The number of anilines is 1. The van der Waals surface area contributed by atoms with E-state index in [4.69, 9.17) is 4.74 Å². The molecule has 1 saturated heterocycles. The Kier molecular flexibility index (Phi) is 6.22. The maximum Gasteiger partial charge on any atom is 0.257 e. The molecule has 1 fully saturated rings. The van der Waals surface area contributed by atoms with Crippen LogP contribution >= 0.6 is 12.4 Å². The molecule has 9 heteroatoms. The zero-order valence-corrected chi connectivity index (χ0v) is 15.1. The van der Waals surface area contributed by atoms with Crippen molar-refractivity contribution in [3.8, 4) is 0 Å². The first-order chi connectivity index (χ1) is 11.0. The Morgan fingerprint density at radius 1 is 1.46 bits per heavy atom. The van der Waals surface area contributed by atoms with E-state index in [9.17, 15) is 13.2 Å². The van der Waals surface area contributed by atoms with Gasteiger partial charge < -0.3 is 15.0 Å². The number of hydrogen-bond acceptors (Lipinski definition) is 5. The van der Waals surface area contributed by atoms with Crippen molar-refractivity contribution in [1.82, 2.24) is 10.0 Å². The van der Waals surface area contributed by atoms with E-state index in [1.165, 1.54) is 0 Å². The smallest absolute Gasteiger partial charge is 0.257 e. The number of morpholine rings is 1. The minimum atomic E-state index is -3.54. The van der Waals surface area contributed by atoms with Crippen LogP contribution in [-0.4, -0.2) is 53.2 Å². The van der Waals surface area contributed by atoms with Gasteiger partial charge in [-0.25, -0.2) is 13.1 Å². The molecule has 3 rings (SSSR count). The Bertz CT molecular complexity index is 705. The lowest BCUT2D eigenvalue weighted by Gasteiger charge is -2.27. The van der Waals surface area contributed by atoms with E-state index < -0.39 is 16.1 Å². The number of rotatable bonds is 4. The third-order valence-electron chi connectivity index (χ3n) is 4.07. The molecule has 0 saturated carbocycles. The molecule has 1 amide bonds. The molecule has 0 spiro atoms. The second-order valence-corrected chi connectivity index (χ2v) is 7.36. The average molecular weight is 376 g/mol. The van der Waals surface area contributed by atoms with Gasteiger partial charge in [-0.15, -0.1) is 12.4 Å². The molecule has 1 aromatic carbocycles. The van der Waals surface area contributed by atoms with Crippen LogP contribution in [0.5, 0.6) is 0 Å². The van der Waals surface area contributed by atoms with Gasteiger partial charge in [0.25, 0.3) is 5.91 Å². The zero-order valence-electron chi connectivity index (χ0n) is 13.4.